The lowest BCUT2D eigenvalue weighted by Crippen LogP contribution is -2.38. The number of carbonyl (C=O) groups excluding carboxylic acids is 1. The molecule has 7 heteroatoms. The first-order valence-corrected chi connectivity index (χ1v) is 8.09. The number of amides is 2. The Balaban J connectivity index is 1.54. The first-order valence-electron chi connectivity index (χ1n) is 7.27. The van der Waals surface area contributed by atoms with E-state index in [1.54, 1.807) is 4.90 Å². The normalized spacial score (nSPS) is 17.7. The number of likely N-dealkylation sites (tertiary alicyclic amines) is 1. The maximum absolute atomic E-state index is 12.0. The highest BCUT2D eigenvalue weighted by Crippen LogP contribution is 2.23. The molecular formula is C15H18N4O2S. The predicted molar refractivity (Wildman–Crippen MR) is 84.3 cm³/mol. The van der Waals surface area contributed by atoms with Gasteiger partial charge >= 0.3 is 6.03 Å². The Labute approximate surface area is 132 Å². The molecule has 1 aliphatic heterocycles. The lowest BCUT2D eigenvalue weighted by Gasteiger charge is -2.16. The zero-order chi connectivity index (χ0) is 15.4. The number of aliphatic hydroxyl groups excluding tert-OH is 1. The summed E-state index contributed by atoms with van der Waals surface area (Å²) in [5, 5.41) is 21.9. The fraction of sp³-hybridized carbons (Fsp3) is 0.400. The fourth-order valence-electron chi connectivity index (χ4n) is 2.45. The molecule has 3 rings (SSSR count). The zero-order valence-electron chi connectivity index (χ0n) is 12.1. The summed E-state index contributed by atoms with van der Waals surface area (Å²) in [6.45, 7) is 1.83. The second-order valence-electron chi connectivity index (χ2n) is 5.31. The maximum atomic E-state index is 12.0. The zero-order valence-corrected chi connectivity index (χ0v) is 12.9. The summed E-state index contributed by atoms with van der Waals surface area (Å²) in [5.41, 5.74) is 1.03. The van der Waals surface area contributed by atoms with Gasteiger partial charge < -0.3 is 15.3 Å². The molecule has 1 aliphatic rings. The van der Waals surface area contributed by atoms with Crippen LogP contribution in [0.2, 0.25) is 0 Å². The standard InChI is InChI=1S/C15H18N4O2S/c20-10-11-6-7-19(9-11)15(21)16-8-13-17-18-14(22-13)12-4-2-1-3-5-12/h1-5,11,20H,6-10H2,(H,16,21). The minimum Gasteiger partial charge on any atom is -0.396 e. The Bertz CT molecular complexity index is 631. The van der Waals surface area contributed by atoms with Crippen molar-refractivity contribution in [2.75, 3.05) is 19.7 Å². The summed E-state index contributed by atoms with van der Waals surface area (Å²) >= 11 is 1.48. The minimum absolute atomic E-state index is 0.104. The van der Waals surface area contributed by atoms with Gasteiger partial charge in [-0.3, -0.25) is 0 Å². The van der Waals surface area contributed by atoms with E-state index in [0.717, 1.165) is 22.0 Å². The minimum atomic E-state index is -0.104. The first kappa shape index (κ1) is 14.9. The van der Waals surface area contributed by atoms with Crippen molar-refractivity contribution in [3.63, 3.8) is 0 Å². The molecule has 22 heavy (non-hydrogen) atoms. The van der Waals surface area contributed by atoms with Crippen LogP contribution < -0.4 is 5.32 Å². The number of nitrogens with one attached hydrogen (secondary N) is 1. The number of hydrogen-bond donors (Lipinski definition) is 2. The number of nitrogens with zero attached hydrogens (tertiary/aromatic N) is 3. The molecule has 0 spiro atoms. The van der Waals surface area contributed by atoms with E-state index in [0.29, 0.717) is 19.6 Å². The van der Waals surface area contributed by atoms with Crippen LogP contribution in [0.4, 0.5) is 4.79 Å². The number of hydrogen-bond acceptors (Lipinski definition) is 5. The topological polar surface area (TPSA) is 78.4 Å². The van der Waals surface area contributed by atoms with E-state index in [1.807, 2.05) is 30.3 Å². The van der Waals surface area contributed by atoms with E-state index in [4.69, 9.17) is 5.11 Å². The Morgan fingerprint density at radius 1 is 1.36 bits per heavy atom. The van der Waals surface area contributed by atoms with Gasteiger partial charge in [0.05, 0.1) is 6.54 Å². The van der Waals surface area contributed by atoms with Gasteiger partial charge in [0.1, 0.15) is 10.0 Å². The van der Waals surface area contributed by atoms with Crippen LogP contribution in [0, 0.1) is 5.92 Å². The summed E-state index contributed by atoms with van der Waals surface area (Å²) in [6.07, 6.45) is 0.862. The van der Waals surface area contributed by atoms with Crippen LogP contribution >= 0.6 is 11.3 Å². The molecular weight excluding hydrogens is 300 g/mol. The van der Waals surface area contributed by atoms with Crippen molar-refractivity contribution in [2.24, 2.45) is 5.92 Å². The van der Waals surface area contributed by atoms with Crippen LogP contribution in [0.5, 0.6) is 0 Å². The van der Waals surface area contributed by atoms with Gasteiger partial charge in [-0.1, -0.05) is 41.7 Å². The van der Waals surface area contributed by atoms with E-state index in [-0.39, 0.29) is 18.6 Å². The van der Waals surface area contributed by atoms with Gasteiger partial charge in [0.15, 0.2) is 0 Å². The number of rotatable bonds is 4. The Morgan fingerprint density at radius 3 is 2.91 bits per heavy atom. The summed E-state index contributed by atoms with van der Waals surface area (Å²) in [5.74, 6) is 0.206. The predicted octanol–water partition coefficient (Wildman–Crippen LogP) is 1.73. The van der Waals surface area contributed by atoms with Crippen LogP contribution in [-0.4, -0.2) is 45.9 Å². The largest absolute Gasteiger partial charge is 0.396 e. The van der Waals surface area contributed by atoms with Crippen molar-refractivity contribution in [3.8, 4) is 10.6 Å². The monoisotopic (exact) mass is 318 g/mol. The van der Waals surface area contributed by atoms with Crippen LogP contribution in [-0.2, 0) is 6.54 Å². The van der Waals surface area contributed by atoms with Crippen LogP contribution in [0.25, 0.3) is 10.6 Å². The smallest absolute Gasteiger partial charge is 0.317 e. The van der Waals surface area contributed by atoms with Gasteiger partial charge in [-0.15, -0.1) is 10.2 Å². The highest BCUT2D eigenvalue weighted by atomic mass is 32.1. The van der Waals surface area contributed by atoms with Crippen molar-refractivity contribution < 1.29 is 9.90 Å². The van der Waals surface area contributed by atoms with Gasteiger partial charge in [-0.2, -0.15) is 0 Å². The molecule has 0 bridgehead atoms. The molecule has 0 radical (unpaired) electrons. The third-order valence-electron chi connectivity index (χ3n) is 3.71. The molecule has 2 amide bonds. The van der Waals surface area contributed by atoms with Crippen LogP contribution in [0.1, 0.15) is 11.4 Å². The van der Waals surface area contributed by atoms with Gasteiger partial charge in [-0.25, -0.2) is 4.79 Å². The second-order valence-corrected chi connectivity index (χ2v) is 6.37. The molecule has 2 heterocycles. The highest BCUT2D eigenvalue weighted by molar-refractivity contribution is 7.14. The third-order valence-corrected chi connectivity index (χ3v) is 4.68. The van der Waals surface area contributed by atoms with Crippen molar-refractivity contribution in [1.82, 2.24) is 20.4 Å². The number of aromatic nitrogens is 2. The second kappa shape index (κ2) is 6.85. The SMILES string of the molecule is O=C(NCc1nnc(-c2ccccc2)s1)N1CCC(CO)C1. The number of carbonyl (C=O) groups is 1. The molecule has 1 fully saturated rings. The quantitative estimate of drug-likeness (QED) is 0.900. The molecule has 1 atom stereocenters. The highest BCUT2D eigenvalue weighted by Gasteiger charge is 2.25. The van der Waals surface area contributed by atoms with E-state index in [9.17, 15) is 4.79 Å². The lowest BCUT2D eigenvalue weighted by atomic mass is 10.1. The van der Waals surface area contributed by atoms with Gasteiger partial charge in [-0.05, 0) is 6.42 Å². The third kappa shape index (κ3) is 3.42. The van der Waals surface area contributed by atoms with Gasteiger partial charge in [0, 0.05) is 31.2 Å². The summed E-state index contributed by atoms with van der Waals surface area (Å²) in [6, 6.07) is 9.75. The molecule has 0 aliphatic carbocycles. The Morgan fingerprint density at radius 2 is 2.18 bits per heavy atom. The average molecular weight is 318 g/mol. The molecule has 6 nitrogen and oxygen atoms in total. The molecule has 1 aromatic heterocycles. The molecule has 2 N–H and O–H groups in total. The summed E-state index contributed by atoms with van der Waals surface area (Å²) in [4.78, 5) is 13.8. The van der Waals surface area contributed by atoms with E-state index in [1.165, 1.54) is 11.3 Å². The molecule has 1 aromatic carbocycles. The average Bonchev–Trinajstić information content (AvgIpc) is 3.22. The van der Waals surface area contributed by atoms with Crippen molar-refractivity contribution >= 4 is 17.4 Å². The number of urea groups is 1. The molecule has 0 saturated carbocycles. The molecule has 1 unspecified atom stereocenters. The Kier molecular flexibility index (Phi) is 4.65. The molecule has 1 saturated heterocycles. The Hall–Kier alpha value is -1.99. The summed E-state index contributed by atoms with van der Waals surface area (Å²) in [7, 11) is 0. The summed E-state index contributed by atoms with van der Waals surface area (Å²) < 4.78 is 0. The van der Waals surface area contributed by atoms with E-state index in [2.05, 4.69) is 15.5 Å². The number of benzene rings is 1. The fourth-order valence-corrected chi connectivity index (χ4v) is 3.24. The van der Waals surface area contributed by atoms with Crippen molar-refractivity contribution in [3.05, 3.63) is 35.3 Å². The van der Waals surface area contributed by atoms with Crippen molar-refractivity contribution in [1.29, 1.82) is 0 Å². The van der Waals surface area contributed by atoms with Crippen molar-refractivity contribution in [2.45, 2.75) is 13.0 Å². The van der Waals surface area contributed by atoms with E-state index < -0.39 is 0 Å². The van der Waals surface area contributed by atoms with Gasteiger partial charge in [0.25, 0.3) is 0 Å². The first-order chi connectivity index (χ1) is 10.8. The number of aliphatic hydroxyl groups is 1. The van der Waals surface area contributed by atoms with Crippen LogP contribution in [0.3, 0.4) is 0 Å². The van der Waals surface area contributed by atoms with E-state index >= 15 is 0 Å². The maximum Gasteiger partial charge on any atom is 0.317 e. The van der Waals surface area contributed by atoms with Gasteiger partial charge in [0.2, 0.25) is 0 Å². The lowest BCUT2D eigenvalue weighted by molar-refractivity contribution is 0.198. The molecule has 2 aromatic rings. The molecule has 116 valence electrons. The van der Waals surface area contributed by atoms with Crippen LogP contribution in [0.15, 0.2) is 30.3 Å².